The first kappa shape index (κ1) is 13.1. The van der Waals surface area contributed by atoms with Gasteiger partial charge in [0.05, 0.1) is 0 Å². The first-order valence-corrected chi connectivity index (χ1v) is 7.41. The van der Waals surface area contributed by atoms with Gasteiger partial charge in [-0.2, -0.15) is 0 Å². The van der Waals surface area contributed by atoms with Crippen LogP contribution in [-0.2, 0) is 16.6 Å². The molecule has 1 aliphatic carbocycles. The molecule has 0 spiro atoms. The summed E-state index contributed by atoms with van der Waals surface area (Å²) in [4.78, 5) is 12.0. The average Bonchev–Trinajstić information content (AvgIpc) is 2.82. The first-order chi connectivity index (χ1) is 8.32. The van der Waals surface area contributed by atoms with E-state index in [0.29, 0.717) is 18.2 Å². The molecule has 1 saturated carbocycles. The monoisotopic (exact) mass is 271 g/mol. The van der Waals surface area contributed by atoms with Crippen LogP contribution in [0, 0.1) is 5.92 Å². The highest BCUT2D eigenvalue weighted by molar-refractivity contribution is 7.89. The largest absolute Gasteiger partial charge is 0.348 e. The van der Waals surface area contributed by atoms with Crippen LogP contribution in [-0.4, -0.2) is 24.9 Å². The zero-order valence-corrected chi connectivity index (χ0v) is 11.2. The summed E-state index contributed by atoms with van der Waals surface area (Å²) in [5.74, 6) is 0.248. The predicted molar refractivity (Wildman–Crippen MR) is 66.5 cm³/mol. The van der Waals surface area contributed by atoms with Crippen molar-refractivity contribution in [2.75, 3.05) is 0 Å². The van der Waals surface area contributed by atoms with E-state index >= 15 is 0 Å². The van der Waals surface area contributed by atoms with Crippen LogP contribution >= 0.6 is 0 Å². The van der Waals surface area contributed by atoms with Crippen LogP contribution < -0.4 is 10.5 Å². The first-order valence-electron chi connectivity index (χ1n) is 5.86. The number of nitrogens with two attached hydrogens (primary N) is 1. The number of amides is 1. The molecule has 0 radical (unpaired) electrons. The molecule has 0 aliphatic heterocycles. The van der Waals surface area contributed by atoms with Gasteiger partial charge in [0.2, 0.25) is 10.0 Å². The Morgan fingerprint density at radius 1 is 1.61 bits per heavy atom. The molecule has 2 unspecified atom stereocenters. The SMILES string of the molecule is CCn1cc(S(N)(=O)=O)cc1C(=O)NC1CC1C. The van der Waals surface area contributed by atoms with Gasteiger partial charge in [0.1, 0.15) is 10.6 Å². The molecule has 1 aromatic heterocycles. The maximum absolute atomic E-state index is 12.0. The molecule has 1 aromatic rings. The van der Waals surface area contributed by atoms with Crippen molar-refractivity contribution in [2.24, 2.45) is 11.1 Å². The Labute approximate surface area is 106 Å². The van der Waals surface area contributed by atoms with Crippen molar-refractivity contribution in [1.29, 1.82) is 0 Å². The molecule has 1 aliphatic rings. The van der Waals surface area contributed by atoms with Gasteiger partial charge in [-0.15, -0.1) is 0 Å². The lowest BCUT2D eigenvalue weighted by atomic mass is 10.3. The zero-order chi connectivity index (χ0) is 13.5. The zero-order valence-electron chi connectivity index (χ0n) is 10.4. The lowest BCUT2D eigenvalue weighted by Crippen LogP contribution is -2.28. The van der Waals surface area contributed by atoms with Crippen LogP contribution in [0.15, 0.2) is 17.2 Å². The predicted octanol–water partition coefficient (Wildman–Crippen LogP) is 0.294. The smallest absolute Gasteiger partial charge is 0.268 e. The molecule has 1 amide bonds. The molecule has 1 fully saturated rings. The van der Waals surface area contributed by atoms with Crippen molar-refractivity contribution in [3.63, 3.8) is 0 Å². The van der Waals surface area contributed by atoms with Crippen LogP contribution in [0.2, 0.25) is 0 Å². The van der Waals surface area contributed by atoms with Gasteiger partial charge in [-0.1, -0.05) is 6.92 Å². The van der Waals surface area contributed by atoms with Gasteiger partial charge in [-0.05, 0) is 25.3 Å². The van der Waals surface area contributed by atoms with E-state index < -0.39 is 10.0 Å². The van der Waals surface area contributed by atoms with Crippen molar-refractivity contribution in [3.8, 4) is 0 Å². The van der Waals surface area contributed by atoms with Gasteiger partial charge in [-0.3, -0.25) is 4.79 Å². The maximum atomic E-state index is 12.0. The molecule has 2 atom stereocenters. The minimum absolute atomic E-state index is 0.0293. The number of aromatic nitrogens is 1. The normalized spacial score (nSPS) is 22.8. The summed E-state index contributed by atoms with van der Waals surface area (Å²) in [6.07, 6.45) is 2.36. The fourth-order valence-corrected chi connectivity index (χ4v) is 2.41. The lowest BCUT2D eigenvalue weighted by molar-refractivity contribution is 0.0940. The van der Waals surface area contributed by atoms with Crippen molar-refractivity contribution in [1.82, 2.24) is 9.88 Å². The number of rotatable bonds is 4. The molecule has 2 rings (SSSR count). The van der Waals surface area contributed by atoms with Crippen molar-refractivity contribution in [2.45, 2.75) is 37.8 Å². The minimum atomic E-state index is -3.77. The maximum Gasteiger partial charge on any atom is 0.268 e. The molecule has 6 nitrogen and oxygen atoms in total. The van der Waals surface area contributed by atoms with E-state index in [9.17, 15) is 13.2 Å². The number of hydrogen-bond acceptors (Lipinski definition) is 3. The fraction of sp³-hybridized carbons (Fsp3) is 0.545. The Morgan fingerprint density at radius 2 is 2.22 bits per heavy atom. The van der Waals surface area contributed by atoms with Gasteiger partial charge in [0.15, 0.2) is 0 Å². The van der Waals surface area contributed by atoms with E-state index in [2.05, 4.69) is 12.2 Å². The number of hydrogen-bond donors (Lipinski definition) is 2. The van der Waals surface area contributed by atoms with Crippen LogP contribution in [0.3, 0.4) is 0 Å². The Morgan fingerprint density at radius 3 is 2.67 bits per heavy atom. The number of nitrogens with zero attached hydrogens (tertiary/aromatic N) is 1. The highest BCUT2D eigenvalue weighted by atomic mass is 32.2. The number of carbonyl (C=O) groups is 1. The fourth-order valence-electron chi connectivity index (χ4n) is 1.86. The second kappa shape index (κ2) is 4.40. The number of aryl methyl sites for hydroxylation is 1. The van der Waals surface area contributed by atoms with Crippen molar-refractivity contribution in [3.05, 3.63) is 18.0 Å². The Hall–Kier alpha value is -1.34. The Bertz CT molecular complexity index is 576. The molecule has 18 heavy (non-hydrogen) atoms. The van der Waals surface area contributed by atoms with Gasteiger partial charge in [0.25, 0.3) is 5.91 Å². The lowest BCUT2D eigenvalue weighted by Gasteiger charge is -2.06. The summed E-state index contributed by atoms with van der Waals surface area (Å²) in [7, 11) is -3.77. The highest BCUT2D eigenvalue weighted by Crippen LogP contribution is 2.29. The molecule has 3 N–H and O–H groups in total. The molecule has 0 saturated heterocycles. The molecule has 7 heteroatoms. The third kappa shape index (κ3) is 2.56. The average molecular weight is 271 g/mol. The number of primary sulfonamides is 1. The summed E-state index contributed by atoms with van der Waals surface area (Å²) in [6, 6.07) is 1.52. The summed E-state index contributed by atoms with van der Waals surface area (Å²) >= 11 is 0. The summed E-state index contributed by atoms with van der Waals surface area (Å²) in [5.41, 5.74) is 0.334. The number of sulfonamides is 1. The van der Waals surface area contributed by atoms with Crippen molar-refractivity contribution < 1.29 is 13.2 Å². The topological polar surface area (TPSA) is 94.2 Å². The summed E-state index contributed by atoms with van der Waals surface area (Å²) in [6.45, 7) is 4.40. The van der Waals surface area contributed by atoms with Crippen LogP contribution in [0.5, 0.6) is 0 Å². The molecule has 100 valence electrons. The van der Waals surface area contributed by atoms with E-state index in [-0.39, 0.29) is 16.8 Å². The highest BCUT2D eigenvalue weighted by Gasteiger charge is 2.34. The van der Waals surface area contributed by atoms with Crippen LogP contribution in [0.1, 0.15) is 30.8 Å². The quantitative estimate of drug-likeness (QED) is 0.824. The third-order valence-electron chi connectivity index (χ3n) is 3.20. The van der Waals surface area contributed by atoms with E-state index in [0.717, 1.165) is 6.42 Å². The summed E-state index contributed by atoms with van der Waals surface area (Å²) in [5, 5.41) is 7.92. The van der Waals surface area contributed by atoms with Crippen LogP contribution in [0.25, 0.3) is 0 Å². The molecular formula is C11H17N3O3S. The summed E-state index contributed by atoms with van der Waals surface area (Å²) < 4.78 is 24.1. The van der Waals surface area contributed by atoms with E-state index in [1.807, 2.05) is 6.92 Å². The van der Waals surface area contributed by atoms with E-state index in [4.69, 9.17) is 5.14 Å². The number of carbonyl (C=O) groups excluding carboxylic acids is 1. The molecule has 0 bridgehead atoms. The van der Waals surface area contributed by atoms with Gasteiger partial charge < -0.3 is 9.88 Å². The third-order valence-corrected chi connectivity index (χ3v) is 4.08. The van der Waals surface area contributed by atoms with Crippen molar-refractivity contribution >= 4 is 15.9 Å². The van der Waals surface area contributed by atoms with Gasteiger partial charge in [0, 0.05) is 18.8 Å². The van der Waals surface area contributed by atoms with Crippen LogP contribution in [0.4, 0.5) is 0 Å². The second-order valence-corrected chi connectivity index (χ2v) is 6.25. The van der Waals surface area contributed by atoms with Gasteiger partial charge >= 0.3 is 0 Å². The van der Waals surface area contributed by atoms with Gasteiger partial charge in [-0.25, -0.2) is 13.6 Å². The van der Waals surface area contributed by atoms with E-state index in [1.165, 1.54) is 12.3 Å². The minimum Gasteiger partial charge on any atom is -0.348 e. The molecule has 1 heterocycles. The standard InChI is InChI=1S/C11H17N3O3S/c1-3-14-6-8(18(12,16)17)5-10(14)11(15)13-9-4-7(9)2/h5-7,9H,3-4H2,1-2H3,(H,13,15)(H2,12,16,17). The second-order valence-electron chi connectivity index (χ2n) is 4.69. The Kier molecular flexibility index (Phi) is 3.20. The Balaban J connectivity index is 2.26. The molecular weight excluding hydrogens is 254 g/mol. The molecule has 0 aromatic carbocycles. The van der Waals surface area contributed by atoms with E-state index in [1.54, 1.807) is 4.57 Å². The number of nitrogens with one attached hydrogen (secondary N) is 1.